The van der Waals surface area contributed by atoms with Crippen LogP contribution in [0.3, 0.4) is 0 Å². The second kappa shape index (κ2) is 7.33. The number of hydrogen-bond acceptors (Lipinski definition) is 2. The molecule has 4 nitrogen and oxygen atoms in total. The van der Waals surface area contributed by atoms with Gasteiger partial charge < -0.3 is 9.64 Å². The van der Waals surface area contributed by atoms with Gasteiger partial charge in [0.15, 0.2) is 0 Å². The zero-order chi connectivity index (χ0) is 16.8. The van der Waals surface area contributed by atoms with Crippen LogP contribution in [0.5, 0.6) is 5.75 Å². The zero-order valence-electron chi connectivity index (χ0n) is 13.6. The summed E-state index contributed by atoms with van der Waals surface area (Å²) in [5.74, 6) is 0.964. The standard InChI is InChI=1S/C19H19N3O/c1-6-11-23-18-9-7-17(8-10-18)22-14(2)12-16(13-15(22)3)19(20-4)21-5/h7-10,12-13H,6,11H2,1-3H3. The smallest absolute Gasteiger partial charge is 0.494 e. The molecule has 1 aromatic carbocycles. The first-order valence-corrected chi connectivity index (χ1v) is 7.49. The number of ether oxygens (including phenoxy) is 1. The lowest BCUT2D eigenvalue weighted by molar-refractivity contribution is 0.317. The Hall–Kier alpha value is -2.98. The summed E-state index contributed by atoms with van der Waals surface area (Å²) in [4.78, 5) is 8.67. The van der Waals surface area contributed by atoms with E-state index in [1.807, 2.05) is 50.3 Å². The van der Waals surface area contributed by atoms with Gasteiger partial charge in [0, 0.05) is 17.1 Å². The van der Waals surface area contributed by atoms with Crippen molar-refractivity contribution in [1.82, 2.24) is 0 Å². The van der Waals surface area contributed by atoms with Crippen LogP contribution in [0.4, 0.5) is 5.69 Å². The van der Waals surface area contributed by atoms with Crippen molar-refractivity contribution >= 4 is 5.69 Å². The van der Waals surface area contributed by atoms with E-state index in [1.165, 1.54) is 0 Å². The van der Waals surface area contributed by atoms with Crippen molar-refractivity contribution in [2.45, 2.75) is 27.2 Å². The van der Waals surface area contributed by atoms with Gasteiger partial charge in [-0.25, -0.2) is 0 Å². The fourth-order valence-electron chi connectivity index (χ4n) is 2.50. The molecule has 0 aliphatic carbocycles. The van der Waals surface area contributed by atoms with E-state index in [1.54, 1.807) is 0 Å². The SMILES string of the molecule is [C-]#[N+]C([N+]#[C-])=C1C=C(C)N(c2ccc(OCCC)cc2)C(C)=C1. The molecule has 2 rings (SSSR count). The summed E-state index contributed by atoms with van der Waals surface area (Å²) in [5, 5.41) is 0. The van der Waals surface area contributed by atoms with Crippen molar-refractivity contribution < 1.29 is 4.74 Å². The van der Waals surface area contributed by atoms with Gasteiger partial charge >= 0.3 is 5.82 Å². The highest BCUT2D eigenvalue weighted by Gasteiger charge is 2.20. The molecule has 0 N–H and O–H groups in total. The Labute approximate surface area is 137 Å². The van der Waals surface area contributed by atoms with E-state index in [0.717, 1.165) is 29.3 Å². The summed E-state index contributed by atoms with van der Waals surface area (Å²) in [6, 6.07) is 7.94. The van der Waals surface area contributed by atoms with E-state index in [0.29, 0.717) is 12.2 Å². The van der Waals surface area contributed by atoms with Crippen LogP contribution >= 0.6 is 0 Å². The summed E-state index contributed by atoms with van der Waals surface area (Å²) in [5.41, 5.74) is 3.66. The number of hydrogen-bond donors (Lipinski definition) is 0. The Balaban J connectivity index is 2.31. The number of rotatable bonds is 4. The molecule has 1 heterocycles. The molecule has 1 aromatic rings. The van der Waals surface area contributed by atoms with Crippen molar-refractivity contribution in [3.8, 4) is 5.75 Å². The van der Waals surface area contributed by atoms with Crippen molar-refractivity contribution in [3.05, 3.63) is 82.0 Å². The molecule has 0 spiro atoms. The Morgan fingerprint density at radius 3 is 2.09 bits per heavy atom. The summed E-state index contributed by atoms with van der Waals surface area (Å²) in [7, 11) is 0. The number of benzene rings is 1. The Bertz CT molecular complexity index is 717. The molecule has 0 bridgehead atoms. The molecule has 23 heavy (non-hydrogen) atoms. The van der Waals surface area contributed by atoms with Gasteiger partial charge in [-0.15, -0.1) is 0 Å². The maximum absolute atomic E-state index is 7.09. The molecule has 116 valence electrons. The van der Waals surface area contributed by atoms with Gasteiger partial charge in [0.25, 0.3) is 0 Å². The van der Waals surface area contributed by atoms with E-state index in [2.05, 4.69) is 21.5 Å². The highest BCUT2D eigenvalue weighted by Crippen LogP contribution is 2.31. The van der Waals surface area contributed by atoms with Crippen LogP contribution in [-0.2, 0) is 0 Å². The molecule has 0 radical (unpaired) electrons. The number of anilines is 1. The Morgan fingerprint density at radius 2 is 1.61 bits per heavy atom. The molecule has 1 aliphatic heterocycles. The predicted octanol–water partition coefficient (Wildman–Crippen LogP) is 5.15. The summed E-state index contributed by atoms with van der Waals surface area (Å²) in [6.45, 7) is 20.9. The molecule has 0 unspecified atom stereocenters. The zero-order valence-corrected chi connectivity index (χ0v) is 13.6. The molecule has 0 saturated heterocycles. The maximum Gasteiger partial charge on any atom is 0.526 e. The van der Waals surface area contributed by atoms with E-state index in [-0.39, 0.29) is 5.82 Å². The van der Waals surface area contributed by atoms with Crippen molar-refractivity contribution in [1.29, 1.82) is 0 Å². The normalized spacial score (nSPS) is 13.6. The first kappa shape index (κ1) is 16.4. The van der Waals surface area contributed by atoms with Gasteiger partial charge in [0.05, 0.1) is 12.2 Å². The lowest BCUT2D eigenvalue weighted by Gasteiger charge is -2.29. The summed E-state index contributed by atoms with van der Waals surface area (Å²) >= 11 is 0. The number of nitrogens with zero attached hydrogens (tertiary/aromatic N) is 3. The second-order valence-corrected chi connectivity index (χ2v) is 5.25. The molecule has 0 atom stereocenters. The minimum absolute atomic E-state index is 0.103. The minimum Gasteiger partial charge on any atom is -0.494 e. The maximum atomic E-state index is 7.09. The average Bonchev–Trinajstić information content (AvgIpc) is 2.54. The molecule has 0 amide bonds. The van der Waals surface area contributed by atoms with E-state index in [9.17, 15) is 0 Å². The molecule has 0 fully saturated rings. The molecule has 1 aliphatic rings. The van der Waals surface area contributed by atoms with Crippen molar-refractivity contribution in [2.75, 3.05) is 11.5 Å². The first-order valence-electron chi connectivity index (χ1n) is 7.49. The lowest BCUT2D eigenvalue weighted by Crippen LogP contribution is -2.21. The van der Waals surface area contributed by atoms with Crippen LogP contribution in [0.1, 0.15) is 27.2 Å². The minimum atomic E-state index is 0.103. The first-order chi connectivity index (χ1) is 11.1. The molecular formula is C19H19N3O. The Morgan fingerprint density at radius 1 is 1.04 bits per heavy atom. The van der Waals surface area contributed by atoms with Gasteiger partial charge in [-0.1, -0.05) is 6.92 Å². The third-order valence-electron chi connectivity index (χ3n) is 3.47. The van der Waals surface area contributed by atoms with E-state index < -0.39 is 0 Å². The molecule has 0 aromatic heterocycles. The molecule has 4 heteroatoms. The average molecular weight is 305 g/mol. The largest absolute Gasteiger partial charge is 0.526 e. The van der Waals surface area contributed by atoms with Gasteiger partial charge in [0.1, 0.15) is 18.9 Å². The van der Waals surface area contributed by atoms with Gasteiger partial charge in [-0.3, -0.25) is 0 Å². The Kier molecular flexibility index (Phi) is 5.23. The van der Waals surface area contributed by atoms with Crippen LogP contribution < -0.4 is 9.64 Å². The topological polar surface area (TPSA) is 21.2 Å². The third kappa shape index (κ3) is 3.62. The third-order valence-corrected chi connectivity index (χ3v) is 3.47. The van der Waals surface area contributed by atoms with E-state index >= 15 is 0 Å². The summed E-state index contributed by atoms with van der Waals surface area (Å²) < 4.78 is 5.61. The highest BCUT2D eigenvalue weighted by atomic mass is 16.5. The van der Waals surface area contributed by atoms with Crippen molar-refractivity contribution in [2.24, 2.45) is 0 Å². The fraction of sp³-hybridized carbons (Fsp3) is 0.263. The van der Waals surface area contributed by atoms with Gasteiger partial charge in [-0.05, 0) is 56.7 Å². The number of allylic oxidation sites excluding steroid dienone is 5. The van der Waals surface area contributed by atoms with Crippen LogP contribution in [0.15, 0.2) is 59.2 Å². The van der Waals surface area contributed by atoms with Gasteiger partial charge in [-0.2, -0.15) is 9.69 Å². The lowest BCUT2D eigenvalue weighted by atomic mass is 10.1. The van der Waals surface area contributed by atoms with E-state index in [4.69, 9.17) is 17.9 Å². The summed E-state index contributed by atoms with van der Waals surface area (Å²) in [6.07, 6.45) is 4.73. The molecular weight excluding hydrogens is 286 g/mol. The quantitative estimate of drug-likeness (QED) is 0.717. The van der Waals surface area contributed by atoms with Crippen LogP contribution in [0.25, 0.3) is 9.69 Å². The second-order valence-electron chi connectivity index (χ2n) is 5.25. The monoisotopic (exact) mass is 305 g/mol. The predicted molar refractivity (Wildman–Crippen MR) is 92.5 cm³/mol. The van der Waals surface area contributed by atoms with Crippen LogP contribution in [0.2, 0.25) is 0 Å². The molecule has 0 saturated carbocycles. The van der Waals surface area contributed by atoms with Crippen molar-refractivity contribution in [3.63, 3.8) is 0 Å². The highest BCUT2D eigenvalue weighted by molar-refractivity contribution is 5.64. The van der Waals surface area contributed by atoms with Gasteiger partial charge in [0.2, 0.25) is 0 Å². The fourth-order valence-corrected chi connectivity index (χ4v) is 2.50. The van der Waals surface area contributed by atoms with Crippen LogP contribution in [0, 0.1) is 13.1 Å². The van der Waals surface area contributed by atoms with Crippen LogP contribution in [-0.4, -0.2) is 6.61 Å².